The van der Waals surface area contributed by atoms with E-state index in [1.807, 2.05) is 0 Å². The molecular weight excluding hydrogens is 489 g/mol. The van der Waals surface area contributed by atoms with Crippen molar-refractivity contribution in [3.63, 3.8) is 0 Å². The van der Waals surface area contributed by atoms with Crippen molar-refractivity contribution in [2.45, 2.75) is 103 Å². The van der Waals surface area contributed by atoms with E-state index in [0.29, 0.717) is 24.7 Å². The van der Waals surface area contributed by atoms with E-state index in [9.17, 15) is 30.7 Å². The van der Waals surface area contributed by atoms with Crippen molar-refractivity contribution >= 4 is 0 Å². The van der Waals surface area contributed by atoms with E-state index in [1.54, 1.807) is 0 Å². The van der Waals surface area contributed by atoms with Gasteiger partial charge < -0.3 is 9.47 Å². The highest BCUT2D eigenvalue weighted by molar-refractivity contribution is 5.33. The molecule has 0 spiro atoms. The van der Waals surface area contributed by atoms with Crippen LogP contribution in [-0.2, 0) is 10.8 Å². The van der Waals surface area contributed by atoms with Gasteiger partial charge in [0, 0.05) is 0 Å². The molecule has 0 atom stereocenters. The number of rotatable bonds is 6. The molecular formula is C27H35F7O2. The predicted octanol–water partition coefficient (Wildman–Crippen LogP) is 9.12. The summed E-state index contributed by atoms with van der Waals surface area (Å²) in [5.74, 6) is -1.90. The Morgan fingerprint density at radius 2 is 1.03 bits per heavy atom. The second kappa shape index (κ2) is 11.1. The first-order chi connectivity index (χ1) is 16.9. The summed E-state index contributed by atoms with van der Waals surface area (Å²) in [6.45, 7) is 2.34. The van der Waals surface area contributed by atoms with Gasteiger partial charge in [-0.3, -0.25) is 0 Å². The van der Waals surface area contributed by atoms with Crippen LogP contribution in [0, 0.1) is 41.2 Å². The lowest BCUT2D eigenvalue weighted by Crippen LogP contribution is -2.33. The lowest BCUT2D eigenvalue weighted by molar-refractivity contribution is -0.279. The van der Waals surface area contributed by atoms with Crippen molar-refractivity contribution in [2.75, 3.05) is 0 Å². The first-order valence-corrected chi connectivity index (χ1v) is 13.2. The Hall–Kier alpha value is -1.51. The smallest absolute Gasteiger partial charge is 0.399 e. The summed E-state index contributed by atoms with van der Waals surface area (Å²) in [6.07, 6.45) is 2.44. The number of halogens is 7. The molecule has 4 rings (SSSR count). The zero-order valence-electron chi connectivity index (χ0n) is 20.6. The molecule has 204 valence electrons. The van der Waals surface area contributed by atoms with Gasteiger partial charge in [-0.2, -0.15) is 8.78 Å². The van der Waals surface area contributed by atoms with Gasteiger partial charge in [0.2, 0.25) is 5.75 Å². The van der Waals surface area contributed by atoms with E-state index in [0.717, 1.165) is 30.6 Å². The first kappa shape index (κ1) is 27.5. The fourth-order valence-corrected chi connectivity index (χ4v) is 6.74. The van der Waals surface area contributed by atoms with E-state index in [4.69, 9.17) is 4.74 Å². The second-order valence-electron chi connectivity index (χ2n) is 11.2. The lowest BCUT2D eigenvalue weighted by Gasteiger charge is -2.41. The van der Waals surface area contributed by atoms with Crippen molar-refractivity contribution in [1.82, 2.24) is 0 Å². The predicted molar refractivity (Wildman–Crippen MR) is 120 cm³/mol. The lowest BCUT2D eigenvalue weighted by atomic mass is 9.65. The molecule has 1 aromatic carbocycles. The van der Waals surface area contributed by atoms with Gasteiger partial charge in [0.05, 0.1) is 11.7 Å². The quantitative estimate of drug-likeness (QED) is 0.346. The van der Waals surface area contributed by atoms with Crippen molar-refractivity contribution < 1.29 is 40.2 Å². The van der Waals surface area contributed by atoms with Crippen molar-refractivity contribution in [3.8, 4) is 5.75 Å². The third-order valence-corrected chi connectivity index (χ3v) is 8.80. The summed E-state index contributed by atoms with van der Waals surface area (Å²) in [6, 6.07) is 0.252. The molecule has 0 N–H and O–H groups in total. The van der Waals surface area contributed by atoms with E-state index in [1.165, 1.54) is 51.4 Å². The number of alkyl halides is 5. The molecule has 36 heavy (non-hydrogen) atoms. The molecule has 0 saturated heterocycles. The highest BCUT2D eigenvalue weighted by atomic mass is 19.4. The molecule has 0 amide bonds. The maximum Gasteiger partial charge on any atom is 0.573 e. The van der Waals surface area contributed by atoms with Crippen molar-refractivity contribution in [3.05, 3.63) is 29.3 Å². The van der Waals surface area contributed by atoms with Gasteiger partial charge in [0.25, 0.3) is 0 Å². The van der Waals surface area contributed by atoms with Crippen LogP contribution in [0.4, 0.5) is 30.7 Å². The van der Waals surface area contributed by atoms with Gasteiger partial charge in [-0.25, -0.2) is 8.78 Å². The molecule has 1 aromatic rings. The van der Waals surface area contributed by atoms with Crippen LogP contribution in [0.3, 0.4) is 0 Å². The average molecular weight is 525 g/mol. The number of ether oxygens (including phenoxy) is 2. The molecule has 0 heterocycles. The fraction of sp³-hybridized carbons (Fsp3) is 0.778. The van der Waals surface area contributed by atoms with Gasteiger partial charge in [-0.05, 0) is 106 Å². The van der Waals surface area contributed by atoms with E-state index in [2.05, 4.69) is 11.7 Å². The zero-order chi connectivity index (χ0) is 26.1. The Labute approximate surface area is 207 Å². The van der Waals surface area contributed by atoms with Gasteiger partial charge >= 0.3 is 12.5 Å². The molecule has 3 aliphatic rings. The summed E-state index contributed by atoms with van der Waals surface area (Å²) in [7, 11) is 0. The molecule has 3 saturated carbocycles. The van der Waals surface area contributed by atoms with Gasteiger partial charge in [0.15, 0.2) is 11.6 Å². The van der Waals surface area contributed by atoms with E-state index >= 15 is 0 Å². The third-order valence-electron chi connectivity index (χ3n) is 8.80. The van der Waals surface area contributed by atoms with Crippen LogP contribution < -0.4 is 4.74 Å². The normalized spacial score (nSPS) is 32.3. The second-order valence-corrected chi connectivity index (χ2v) is 11.2. The Morgan fingerprint density at radius 1 is 0.639 bits per heavy atom. The number of hydrogen-bond acceptors (Lipinski definition) is 2. The maximum absolute atomic E-state index is 14.6. The summed E-state index contributed by atoms with van der Waals surface area (Å²) in [4.78, 5) is 0. The minimum Gasteiger partial charge on any atom is -0.399 e. The van der Waals surface area contributed by atoms with E-state index < -0.39 is 41.5 Å². The maximum atomic E-state index is 14.6. The molecule has 0 aromatic heterocycles. The first-order valence-electron chi connectivity index (χ1n) is 13.2. The summed E-state index contributed by atoms with van der Waals surface area (Å²) < 4.78 is 102. The Balaban J connectivity index is 1.26. The highest BCUT2D eigenvalue weighted by Gasteiger charge is 2.41. The SMILES string of the molecule is CC1CCC(C2CCC(C3CCC(OC(F)(F)c4cc(F)c(OC(F)(F)F)c(F)c4)CC3)CC2)CC1. The van der Waals surface area contributed by atoms with Crippen LogP contribution in [0.2, 0.25) is 0 Å². The monoisotopic (exact) mass is 524 g/mol. The number of benzene rings is 1. The molecule has 0 unspecified atom stereocenters. The Kier molecular flexibility index (Phi) is 8.47. The minimum absolute atomic E-state index is 0.126. The van der Waals surface area contributed by atoms with Crippen LogP contribution in [-0.4, -0.2) is 12.5 Å². The van der Waals surface area contributed by atoms with Crippen LogP contribution >= 0.6 is 0 Å². The zero-order valence-corrected chi connectivity index (χ0v) is 20.6. The van der Waals surface area contributed by atoms with Crippen LogP contribution in [0.25, 0.3) is 0 Å². The summed E-state index contributed by atoms with van der Waals surface area (Å²) >= 11 is 0. The van der Waals surface area contributed by atoms with Gasteiger partial charge in [0.1, 0.15) is 0 Å². The largest absolute Gasteiger partial charge is 0.573 e. The van der Waals surface area contributed by atoms with Crippen LogP contribution in [0.5, 0.6) is 5.75 Å². The van der Waals surface area contributed by atoms with Crippen LogP contribution in [0.15, 0.2) is 12.1 Å². The topological polar surface area (TPSA) is 18.5 Å². The fourth-order valence-electron chi connectivity index (χ4n) is 6.74. The van der Waals surface area contributed by atoms with Crippen molar-refractivity contribution in [1.29, 1.82) is 0 Å². The Bertz CT molecular complexity index is 840. The van der Waals surface area contributed by atoms with Gasteiger partial charge in [-0.1, -0.05) is 19.8 Å². The molecule has 0 radical (unpaired) electrons. The summed E-state index contributed by atoms with van der Waals surface area (Å²) in [5.41, 5.74) is -1.18. The molecule has 0 aliphatic heterocycles. The van der Waals surface area contributed by atoms with E-state index in [-0.39, 0.29) is 12.1 Å². The third kappa shape index (κ3) is 6.87. The molecule has 2 nitrogen and oxygen atoms in total. The molecule has 3 fully saturated rings. The van der Waals surface area contributed by atoms with Gasteiger partial charge in [-0.15, -0.1) is 13.2 Å². The minimum atomic E-state index is -5.35. The number of hydrogen-bond donors (Lipinski definition) is 0. The standard InChI is InChI=1S/C27H35F7O2/c1-16-2-4-17(5-3-16)18-6-8-19(9-7-18)20-10-12-22(13-11-20)35-26(30,31)21-14-23(28)25(24(29)15-21)36-27(32,33)34/h14-20,22H,2-13H2,1H3. The average Bonchev–Trinajstić information content (AvgIpc) is 2.82. The van der Waals surface area contributed by atoms with Crippen molar-refractivity contribution in [2.24, 2.45) is 29.6 Å². The van der Waals surface area contributed by atoms with Crippen LogP contribution in [0.1, 0.15) is 89.5 Å². The Morgan fingerprint density at radius 3 is 1.44 bits per heavy atom. The molecule has 0 bridgehead atoms. The highest BCUT2D eigenvalue weighted by Crippen LogP contribution is 2.46. The summed E-state index contributed by atoms with van der Waals surface area (Å²) in [5, 5.41) is 0. The molecule has 9 heteroatoms. The molecule has 3 aliphatic carbocycles.